The lowest BCUT2D eigenvalue weighted by atomic mass is 9.75. The number of anilines is 1. The molecule has 280 valence electrons. The SMILES string of the molecule is CC1NNC2C(F)CC(C(=O)Nc3ccc4c(c3)nc(Cc3c(F)cc(-c5cccc6c5O[C@@](C)(c5ccc(Cl)cn5)O6)cc3F)n4CC3CCO3)CC12. The molecule has 3 aliphatic heterocycles. The summed E-state index contributed by atoms with van der Waals surface area (Å²) in [6.45, 7) is 4.81. The number of halogens is 4. The van der Waals surface area contributed by atoms with Gasteiger partial charge in [-0.05, 0) is 86.2 Å². The number of nitrogens with one attached hydrogen (secondary N) is 3. The maximum absolute atomic E-state index is 16.1. The number of fused-ring (bicyclic) bond motifs is 3. The van der Waals surface area contributed by atoms with Crippen molar-refractivity contribution < 1.29 is 32.2 Å². The molecule has 7 atom stereocenters. The van der Waals surface area contributed by atoms with E-state index in [4.69, 9.17) is 30.8 Å². The van der Waals surface area contributed by atoms with Crippen LogP contribution in [0.2, 0.25) is 5.02 Å². The normalized spacial score (nSPS) is 27.1. The highest BCUT2D eigenvalue weighted by Gasteiger charge is 2.46. The largest absolute Gasteiger partial charge is 0.443 e. The molecule has 3 N–H and O–H groups in total. The summed E-state index contributed by atoms with van der Waals surface area (Å²) in [5, 5.41) is 3.43. The molecule has 1 amide bonds. The monoisotopic (exact) mass is 758 g/mol. The Kier molecular flexibility index (Phi) is 8.80. The highest BCUT2D eigenvalue weighted by Crippen LogP contribution is 2.49. The molecule has 6 unspecified atom stereocenters. The van der Waals surface area contributed by atoms with Gasteiger partial charge in [0.1, 0.15) is 29.3 Å². The molecule has 0 spiro atoms. The third kappa shape index (κ3) is 6.26. The number of ether oxygens (including phenoxy) is 3. The average molecular weight is 759 g/mol. The third-order valence-corrected chi connectivity index (χ3v) is 11.5. The Morgan fingerprint density at radius 1 is 1.07 bits per heavy atom. The summed E-state index contributed by atoms with van der Waals surface area (Å²) in [7, 11) is 0. The summed E-state index contributed by atoms with van der Waals surface area (Å²) < 4.78 is 67.1. The van der Waals surface area contributed by atoms with E-state index >= 15 is 8.78 Å². The summed E-state index contributed by atoms with van der Waals surface area (Å²) in [5.41, 5.74) is 9.03. The van der Waals surface area contributed by atoms with Gasteiger partial charge in [0.15, 0.2) is 11.5 Å². The predicted molar refractivity (Wildman–Crippen MR) is 196 cm³/mol. The maximum Gasteiger partial charge on any atom is 0.292 e. The summed E-state index contributed by atoms with van der Waals surface area (Å²) in [5.74, 6) is -2.24. The lowest BCUT2D eigenvalue weighted by Gasteiger charge is -2.34. The second kappa shape index (κ2) is 13.6. The lowest BCUT2D eigenvalue weighted by molar-refractivity contribution is -0.122. The molecule has 2 aromatic heterocycles. The van der Waals surface area contributed by atoms with Crippen molar-refractivity contribution in [3.8, 4) is 22.6 Å². The van der Waals surface area contributed by atoms with Gasteiger partial charge in [0.2, 0.25) is 5.91 Å². The molecule has 14 heteroatoms. The predicted octanol–water partition coefficient (Wildman–Crippen LogP) is 7.22. The Morgan fingerprint density at radius 3 is 2.63 bits per heavy atom. The molecular weight excluding hydrogens is 721 g/mol. The number of aromatic nitrogens is 3. The van der Waals surface area contributed by atoms with Gasteiger partial charge in [0.25, 0.3) is 5.79 Å². The van der Waals surface area contributed by atoms with E-state index in [0.717, 1.165) is 11.9 Å². The number of hydrazine groups is 1. The fourth-order valence-corrected chi connectivity index (χ4v) is 8.29. The summed E-state index contributed by atoms with van der Waals surface area (Å²) in [6.07, 6.45) is 1.74. The number of nitrogens with zero attached hydrogens (tertiary/aromatic N) is 3. The third-order valence-electron chi connectivity index (χ3n) is 11.2. The molecule has 3 aromatic carbocycles. The molecule has 3 fully saturated rings. The van der Waals surface area contributed by atoms with Crippen LogP contribution >= 0.6 is 11.6 Å². The molecule has 54 heavy (non-hydrogen) atoms. The van der Waals surface area contributed by atoms with Gasteiger partial charge in [-0.2, -0.15) is 0 Å². The second-order valence-electron chi connectivity index (χ2n) is 14.8. The van der Waals surface area contributed by atoms with Crippen LogP contribution in [0.3, 0.4) is 0 Å². The number of amides is 1. The number of alkyl halides is 1. The van der Waals surface area contributed by atoms with Crippen LogP contribution in [0.4, 0.5) is 18.9 Å². The average Bonchev–Trinajstić information content (AvgIpc) is 3.80. The molecular formula is C40H38ClF3N6O4. The summed E-state index contributed by atoms with van der Waals surface area (Å²) in [6, 6.07) is 16.3. The number of para-hydroxylation sites is 1. The van der Waals surface area contributed by atoms with E-state index < -0.39 is 29.5 Å². The van der Waals surface area contributed by atoms with Crippen molar-refractivity contribution >= 4 is 34.2 Å². The van der Waals surface area contributed by atoms with Crippen LogP contribution in [-0.4, -0.2) is 51.4 Å². The zero-order valence-electron chi connectivity index (χ0n) is 29.5. The molecule has 10 nitrogen and oxygen atoms in total. The van der Waals surface area contributed by atoms with Gasteiger partial charge in [-0.3, -0.25) is 20.6 Å². The Hall–Kier alpha value is -4.69. The van der Waals surface area contributed by atoms with Crippen LogP contribution < -0.4 is 25.6 Å². The number of carbonyl (C=O) groups is 1. The molecule has 5 aromatic rings. The summed E-state index contributed by atoms with van der Waals surface area (Å²) in [4.78, 5) is 22.5. The van der Waals surface area contributed by atoms with E-state index in [-0.39, 0.29) is 54.0 Å². The van der Waals surface area contributed by atoms with Crippen LogP contribution in [0.5, 0.6) is 11.5 Å². The van der Waals surface area contributed by atoms with Gasteiger partial charge in [-0.15, -0.1) is 0 Å². The van der Waals surface area contributed by atoms with Crippen LogP contribution in [-0.2, 0) is 28.3 Å². The first-order valence-electron chi connectivity index (χ1n) is 18.2. The highest BCUT2D eigenvalue weighted by molar-refractivity contribution is 6.30. The van der Waals surface area contributed by atoms with Crippen LogP contribution in [0.15, 0.2) is 66.9 Å². The number of carbonyl (C=O) groups excluding carboxylic acids is 1. The minimum absolute atomic E-state index is 0.0122. The van der Waals surface area contributed by atoms with Crippen LogP contribution in [0.25, 0.3) is 22.2 Å². The van der Waals surface area contributed by atoms with Crippen molar-refractivity contribution in [3.63, 3.8) is 0 Å². The van der Waals surface area contributed by atoms with Gasteiger partial charge in [0.05, 0.1) is 34.7 Å². The van der Waals surface area contributed by atoms with E-state index in [0.29, 0.717) is 64.4 Å². The fraction of sp³-hybridized carbons (Fsp3) is 0.375. The zero-order valence-corrected chi connectivity index (χ0v) is 30.3. The van der Waals surface area contributed by atoms with E-state index in [1.54, 1.807) is 49.4 Å². The Bertz CT molecular complexity index is 2250. The zero-order chi connectivity index (χ0) is 37.3. The van der Waals surface area contributed by atoms with Gasteiger partial charge >= 0.3 is 0 Å². The minimum Gasteiger partial charge on any atom is -0.443 e. The van der Waals surface area contributed by atoms with Crippen molar-refractivity contribution in [3.05, 3.63) is 101 Å². The van der Waals surface area contributed by atoms with E-state index in [9.17, 15) is 9.18 Å². The first-order chi connectivity index (χ1) is 26.0. The first kappa shape index (κ1) is 35.0. The smallest absolute Gasteiger partial charge is 0.292 e. The highest BCUT2D eigenvalue weighted by atomic mass is 35.5. The van der Waals surface area contributed by atoms with Gasteiger partial charge < -0.3 is 24.1 Å². The molecule has 9 rings (SSSR count). The van der Waals surface area contributed by atoms with E-state index in [2.05, 4.69) is 21.2 Å². The Labute approximate surface area is 314 Å². The number of hydrogen-bond donors (Lipinski definition) is 3. The van der Waals surface area contributed by atoms with Crippen molar-refractivity contribution in [2.24, 2.45) is 11.8 Å². The Morgan fingerprint density at radius 2 is 1.89 bits per heavy atom. The van der Waals surface area contributed by atoms with Crippen molar-refractivity contribution in [2.45, 2.75) is 76.2 Å². The van der Waals surface area contributed by atoms with Crippen LogP contribution in [0, 0.1) is 23.5 Å². The number of pyridine rings is 1. The molecule has 2 saturated heterocycles. The van der Waals surface area contributed by atoms with Crippen LogP contribution in [0.1, 0.15) is 50.2 Å². The van der Waals surface area contributed by atoms with E-state index in [1.165, 1.54) is 18.3 Å². The van der Waals surface area contributed by atoms with Crippen molar-refractivity contribution in [1.29, 1.82) is 0 Å². The summed E-state index contributed by atoms with van der Waals surface area (Å²) >= 11 is 6.03. The Balaban J connectivity index is 0.981. The molecule has 1 aliphatic carbocycles. The quantitative estimate of drug-likeness (QED) is 0.152. The van der Waals surface area contributed by atoms with Gasteiger partial charge in [-0.1, -0.05) is 23.7 Å². The van der Waals surface area contributed by atoms with Crippen molar-refractivity contribution in [2.75, 3.05) is 11.9 Å². The fourth-order valence-electron chi connectivity index (χ4n) is 8.18. The first-order valence-corrected chi connectivity index (χ1v) is 18.6. The molecule has 0 bridgehead atoms. The number of rotatable bonds is 8. The number of hydrogen-bond acceptors (Lipinski definition) is 8. The van der Waals surface area contributed by atoms with Gasteiger partial charge in [0, 0.05) is 54.9 Å². The lowest BCUT2D eigenvalue weighted by Crippen LogP contribution is -2.46. The molecule has 4 aliphatic rings. The molecule has 1 saturated carbocycles. The second-order valence-corrected chi connectivity index (χ2v) is 15.2. The minimum atomic E-state index is -1.27. The standard InChI is InChI=1S/C40H38ClF3N6O4/c1-20-27-12-22(15-31(44)37(27)49-48-20)39(51)46-24-7-8-33-32(16-24)47-36(50(33)19-25-10-11-52-25)17-28-29(42)13-21(14-30(28)43)26-4-3-5-34-38(26)54-40(2,53-34)35-9-6-23(41)18-45-35/h3-9,13-14,16,18,20,22,25,27,31,37,48-49H,10-12,15,17,19H2,1-2H3,(H,46,51)/t20?,22?,25?,27?,31?,37?,40-/m0/s1. The molecule has 0 radical (unpaired) electrons. The van der Waals surface area contributed by atoms with Gasteiger partial charge in [-0.25, -0.2) is 18.2 Å². The molecule has 5 heterocycles. The maximum atomic E-state index is 16.1. The number of benzene rings is 3. The van der Waals surface area contributed by atoms with E-state index in [1.807, 2.05) is 17.6 Å². The number of imidazole rings is 1. The topological polar surface area (TPSA) is 112 Å². The van der Waals surface area contributed by atoms with Crippen molar-refractivity contribution in [1.82, 2.24) is 25.4 Å².